The number of hydrogen-bond donors (Lipinski definition) is 1. The summed E-state index contributed by atoms with van der Waals surface area (Å²) in [6, 6.07) is 6.55. The van der Waals surface area contributed by atoms with Crippen LogP contribution in [0.1, 0.15) is 45.4 Å². The molecule has 3 rings (SSSR count). The third-order valence-corrected chi connectivity index (χ3v) is 4.58. The summed E-state index contributed by atoms with van der Waals surface area (Å²) in [5.74, 6) is 0. The van der Waals surface area contributed by atoms with Gasteiger partial charge in [0.2, 0.25) is 0 Å². The first kappa shape index (κ1) is 12.3. The molecule has 1 N–H and O–H groups in total. The SMILES string of the molecule is CC1(C)Cc2[nH]c3ccc(Br)cc3c2C(C)(C)C1. The Morgan fingerprint density at radius 3 is 2.61 bits per heavy atom. The second-order valence-corrected chi connectivity index (χ2v) is 7.99. The van der Waals surface area contributed by atoms with Crippen LogP contribution < -0.4 is 0 Å². The lowest BCUT2D eigenvalue weighted by Crippen LogP contribution is -2.34. The molecule has 1 aromatic heterocycles. The molecule has 2 heteroatoms. The van der Waals surface area contributed by atoms with Crippen LogP contribution in [0.2, 0.25) is 0 Å². The third kappa shape index (κ3) is 1.82. The fourth-order valence-electron chi connectivity index (χ4n) is 3.95. The quantitative estimate of drug-likeness (QED) is 0.690. The van der Waals surface area contributed by atoms with Gasteiger partial charge in [0.15, 0.2) is 0 Å². The van der Waals surface area contributed by atoms with E-state index >= 15 is 0 Å². The minimum absolute atomic E-state index is 0.246. The Balaban J connectivity index is 2.32. The van der Waals surface area contributed by atoms with E-state index < -0.39 is 0 Å². The second-order valence-electron chi connectivity index (χ2n) is 7.07. The highest BCUT2D eigenvalue weighted by atomic mass is 79.9. The standard InChI is InChI=1S/C16H20BrN/c1-15(2)8-13-14(16(3,4)9-15)11-7-10(17)5-6-12(11)18-13/h5-7,18H,8-9H2,1-4H3. The number of aromatic amines is 1. The fourth-order valence-corrected chi connectivity index (χ4v) is 4.31. The van der Waals surface area contributed by atoms with Crippen molar-refractivity contribution >= 4 is 26.8 Å². The van der Waals surface area contributed by atoms with E-state index in [4.69, 9.17) is 0 Å². The molecule has 0 bridgehead atoms. The first-order chi connectivity index (χ1) is 8.28. The molecule has 0 radical (unpaired) electrons. The number of rotatable bonds is 0. The van der Waals surface area contributed by atoms with E-state index in [9.17, 15) is 0 Å². The maximum atomic E-state index is 3.63. The van der Waals surface area contributed by atoms with Gasteiger partial charge in [0, 0.05) is 21.1 Å². The second kappa shape index (κ2) is 3.63. The summed E-state index contributed by atoms with van der Waals surface area (Å²) in [6.07, 6.45) is 2.39. The summed E-state index contributed by atoms with van der Waals surface area (Å²) in [5, 5.41) is 1.39. The van der Waals surface area contributed by atoms with Gasteiger partial charge in [0.25, 0.3) is 0 Å². The van der Waals surface area contributed by atoms with Crippen LogP contribution in [0.4, 0.5) is 0 Å². The topological polar surface area (TPSA) is 15.8 Å². The van der Waals surface area contributed by atoms with E-state index in [2.05, 4.69) is 66.8 Å². The molecule has 0 spiro atoms. The van der Waals surface area contributed by atoms with Crippen LogP contribution in [-0.4, -0.2) is 4.98 Å². The first-order valence-corrected chi connectivity index (χ1v) is 7.38. The maximum absolute atomic E-state index is 3.63. The number of halogens is 1. The molecular weight excluding hydrogens is 286 g/mol. The molecule has 1 aliphatic carbocycles. The van der Waals surface area contributed by atoms with Gasteiger partial charge in [-0.05, 0) is 47.4 Å². The van der Waals surface area contributed by atoms with E-state index in [-0.39, 0.29) is 5.41 Å². The zero-order valence-corrected chi connectivity index (χ0v) is 13.1. The van der Waals surface area contributed by atoms with Crippen LogP contribution in [0.3, 0.4) is 0 Å². The zero-order valence-electron chi connectivity index (χ0n) is 11.5. The van der Waals surface area contributed by atoms with Crippen molar-refractivity contribution in [1.29, 1.82) is 0 Å². The predicted octanol–water partition coefficient (Wildman–Crippen LogP) is 5.18. The molecule has 1 aliphatic rings. The normalized spacial score (nSPS) is 20.9. The Labute approximate surface area is 117 Å². The first-order valence-electron chi connectivity index (χ1n) is 6.59. The van der Waals surface area contributed by atoms with Crippen molar-refractivity contribution in [1.82, 2.24) is 4.98 Å². The molecule has 18 heavy (non-hydrogen) atoms. The van der Waals surface area contributed by atoms with Crippen LogP contribution >= 0.6 is 15.9 Å². The summed E-state index contributed by atoms with van der Waals surface area (Å²) in [6.45, 7) is 9.50. The van der Waals surface area contributed by atoms with Gasteiger partial charge in [-0.25, -0.2) is 0 Å². The molecule has 96 valence electrons. The number of hydrogen-bond acceptors (Lipinski definition) is 0. The zero-order chi connectivity index (χ0) is 13.1. The summed E-state index contributed by atoms with van der Waals surface area (Å²) in [5.41, 5.74) is 4.86. The molecule has 2 aromatic rings. The molecule has 0 amide bonds. The van der Waals surface area contributed by atoms with Gasteiger partial charge in [-0.2, -0.15) is 0 Å². The van der Waals surface area contributed by atoms with Gasteiger partial charge >= 0.3 is 0 Å². The average molecular weight is 306 g/mol. The molecule has 1 heterocycles. The number of fused-ring (bicyclic) bond motifs is 3. The van der Waals surface area contributed by atoms with Crippen LogP contribution in [0.15, 0.2) is 22.7 Å². The Morgan fingerprint density at radius 1 is 1.17 bits per heavy atom. The van der Waals surface area contributed by atoms with Crippen LogP contribution in [-0.2, 0) is 11.8 Å². The number of nitrogens with one attached hydrogen (secondary N) is 1. The number of benzene rings is 1. The van der Waals surface area contributed by atoms with Crippen molar-refractivity contribution < 1.29 is 0 Å². The lowest BCUT2D eigenvalue weighted by atomic mass is 9.64. The van der Waals surface area contributed by atoms with Crippen molar-refractivity contribution in [3.8, 4) is 0 Å². The van der Waals surface area contributed by atoms with Gasteiger partial charge in [0.1, 0.15) is 0 Å². The van der Waals surface area contributed by atoms with E-state index in [0.717, 1.165) is 10.9 Å². The van der Waals surface area contributed by atoms with Gasteiger partial charge < -0.3 is 4.98 Å². The Hall–Kier alpha value is -0.760. The largest absolute Gasteiger partial charge is 0.358 e. The van der Waals surface area contributed by atoms with Crippen molar-refractivity contribution in [3.63, 3.8) is 0 Å². The molecule has 0 saturated heterocycles. The molecule has 1 aromatic carbocycles. The van der Waals surface area contributed by atoms with Gasteiger partial charge in [0.05, 0.1) is 0 Å². The van der Waals surface area contributed by atoms with Gasteiger partial charge in [-0.1, -0.05) is 43.6 Å². The van der Waals surface area contributed by atoms with Crippen molar-refractivity contribution in [2.75, 3.05) is 0 Å². The molecule has 0 atom stereocenters. The fraction of sp³-hybridized carbons (Fsp3) is 0.500. The highest BCUT2D eigenvalue weighted by Gasteiger charge is 2.39. The van der Waals surface area contributed by atoms with Gasteiger partial charge in [-0.15, -0.1) is 0 Å². The van der Waals surface area contributed by atoms with Gasteiger partial charge in [-0.3, -0.25) is 0 Å². The summed E-state index contributed by atoms with van der Waals surface area (Å²) >= 11 is 3.59. The molecule has 0 unspecified atom stereocenters. The number of H-pyrrole nitrogens is 1. The van der Waals surface area contributed by atoms with Crippen molar-refractivity contribution in [2.45, 2.75) is 46.0 Å². The molecule has 0 saturated carbocycles. The molecule has 1 nitrogen and oxygen atoms in total. The molecule has 0 aliphatic heterocycles. The molecule has 0 fully saturated rings. The van der Waals surface area contributed by atoms with Crippen molar-refractivity contribution in [3.05, 3.63) is 33.9 Å². The number of aromatic nitrogens is 1. The minimum atomic E-state index is 0.246. The third-order valence-electron chi connectivity index (χ3n) is 4.09. The lowest BCUT2D eigenvalue weighted by Gasteiger charge is -2.40. The van der Waals surface area contributed by atoms with Crippen LogP contribution in [0.5, 0.6) is 0 Å². The highest BCUT2D eigenvalue weighted by molar-refractivity contribution is 9.10. The summed E-state index contributed by atoms with van der Waals surface area (Å²) in [4.78, 5) is 3.63. The van der Waals surface area contributed by atoms with E-state index in [1.165, 1.54) is 28.6 Å². The van der Waals surface area contributed by atoms with E-state index in [0.29, 0.717) is 5.41 Å². The monoisotopic (exact) mass is 305 g/mol. The smallest absolute Gasteiger partial charge is 0.0459 e. The summed E-state index contributed by atoms with van der Waals surface area (Å²) in [7, 11) is 0. The van der Waals surface area contributed by atoms with Crippen LogP contribution in [0.25, 0.3) is 10.9 Å². The maximum Gasteiger partial charge on any atom is 0.0459 e. The Morgan fingerprint density at radius 2 is 1.89 bits per heavy atom. The summed E-state index contributed by atoms with van der Waals surface area (Å²) < 4.78 is 1.16. The van der Waals surface area contributed by atoms with Crippen LogP contribution in [0, 0.1) is 5.41 Å². The lowest BCUT2D eigenvalue weighted by molar-refractivity contribution is 0.231. The molecular formula is C16H20BrN. The average Bonchev–Trinajstić information content (AvgIpc) is 2.51. The van der Waals surface area contributed by atoms with E-state index in [1.54, 1.807) is 0 Å². The van der Waals surface area contributed by atoms with Crippen molar-refractivity contribution in [2.24, 2.45) is 5.41 Å². The Bertz CT molecular complexity index is 619. The van der Waals surface area contributed by atoms with E-state index in [1.807, 2.05) is 0 Å². The predicted molar refractivity (Wildman–Crippen MR) is 81.1 cm³/mol. The minimum Gasteiger partial charge on any atom is -0.358 e. The highest BCUT2D eigenvalue weighted by Crippen LogP contribution is 2.48. The Kier molecular flexibility index (Phi) is 2.48.